The highest BCUT2D eigenvalue weighted by Gasteiger charge is 2.35. The third kappa shape index (κ3) is 2.84. The van der Waals surface area contributed by atoms with Crippen LogP contribution in [0.1, 0.15) is 29.5 Å². The molecule has 142 valence electrons. The van der Waals surface area contributed by atoms with Crippen molar-refractivity contribution in [1.29, 1.82) is 0 Å². The van der Waals surface area contributed by atoms with Crippen LogP contribution in [-0.2, 0) is 17.6 Å². The molecule has 0 atom stereocenters. The molecule has 1 aliphatic carbocycles. The average molecular weight is 381 g/mol. The van der Waals surface area contributed by atoms with E-state index in [-0.39, 0.29) is 22.8 Å². The van der Waals surface area contributed by atoms with Gasteiger partial charge in [-0.15, -0.1) is 0 Å². The van der Waals surface area contributed by atoms with E-state index in [4.69, 9.17) is 0 Å². The van der Waals surface area contributed by atoms with Gasteiger partial charge in [0.2, 0.25) is 0 Å². The lowest BCUT2D eigenvalue weighted by Gasteiger charge is -2.18. The van der Waals surface area contributed by atoms with E-state index in [1.807, 2.05) is 0 Å². The van der Waals surface area contributed by atoms with Crippen LogP contribution in [0.4, 0.5) is 22.7 Å². The third-order valence-corrected chi connectivity index (χ3v) is 4.92. The van der Waals surface area contributed by atoms with E-state index < -0.39 is 15.8 Å². The van der Waals surface area contributed by atoms with Crippen LogP contribution in [0.15, 0.2) is 35.4 Å². The molecule has 28 heavy (non-hydrogen) atoms. The van der Waals surface area contributed by atoms with E-state index >= 15 is 0 Å². The van der Waals surface area contributed by atoms with E-state index in [0.717, 1.165) is 18.4 Å². The average Bonchev–Trinajstić information content (AvgIpc) is 3.01. The molecule has 0 saturated carbocycles. The number of fused-ring (bicyclic) bond motifs is 3. The molecule has 0 fully saturated rings. The molecule has 4 rings (SSSR count). The fraction of sp³-hybridized carbons (Fsp3) is 0.222. The maximum absolute atomic E-state index is 12.5. The lowest BCUT2D eigenvalue weighted by Crippen LogP contribution is -2.16. The number of amides is 1. The van der Waals surface area contributed by atoms with Crippen LogP contribution in [0, 0.1) is 20.2 Å². The second-order valence-electron chi connectivity index (χ2n) is 6.54. The van der Waals surface area contributed by atoms with Gasteiger partial charge in [-0.1, -0.05) is 12.1 Å². The van der Waals surface area contributed by atoms with Crippen LogP contribution in [0.5, 0.6) is 0 Å². The van der Waals surface area contributed by atoms with Crippen LogP contribution in [0.3, 0.4) is 0 Å². The van der Waals surface area contributed by atoms with Gasteiger partial charge in [0.1, 0.15) is 5.69 Å². The number of para-hydroxylation sites is 2. The van der Waals surface area contributed by atoms with Crippen LogP contribution in [0.25, 0.3) is 0 Å². The number of nitrogens with zero attached hydrogens (tertiary/aromatic N) is 3. The van der Waals surface area contributed by atoms with Crippen LogP contribution >= 0.6 is 0 Å². The first-order valence-corrected chi connectivity index (χ1v) is 8.69. The second kappa shape index (κ2) is 6.72. The number of carbonyl (C=O) groups excluding carboxylic acids is 1. The Morgan fingerprint density at radius 2 is 1.68 bits per heavy atom. The molecule has 0 bridgehead atoms. The Morgan fingerprint density at radius 1 is 1.00 bits per heavy atom. The van der Waals surface area contributed by atoms with Crippen molar-refractivity contribution >= 4 is 34.4 Å². The predicted molar refractivity (Wildman–Crippen MR) is 102 cm³/mol. The minimum atomic E-state index is -0.563. The predicted octanol–water partition coefficient (Wildman–Crippen LogP) is 3.15. The number of benzene rings is 2. The summed E-state index contributed by atoms with van der Waals surface area (Å²) in [6.07, 6.45) is 2.98. The molecule has 10 heteroatoms. The molecule has 0 unspecified atom stereocenters. The Morgan fingerprint density at radius 3 is 2.39 bits per heavy atom. The number of hydrogen-bond acceptors (Lipinski definition) is 7. The van der Waals surface area contributed by atoms with Gasteiger partial charge in [0.15, 0.2) is 5.71 Å². The number of nitro benzene ring substituents is 2. The third-order valence-electron chi connectivity index (χ3n) is 4.92. The monoisotopic (exact) mass is 381 g/mol. The van der Waals surface area contributed by atoms with E-state index in [0.29, 0.717) is 29.7 Å². The Labute approximate surface area is 158 Å². The number of nitro groups is 2. The Bertz CT molecular complexity index is 1060. The fourth-order valence-corrected chi connectivity index (χ4v) is 3.66. The largest absolute Gasteiger partial charge is 0.320 e. The molecule has 1 aliphatic heterocycles. The first kappa shape index (κ1) is 17.6. The molecular weight excluding hydrogens is 366 g/mol. The number of carbonyl (C=O) groups is 1. The number of rotatable bonds is 4. The van der Waals surface area contributed by atoms with Crippen molar-refractivity contribution < 1.29 is 14.6 Å². The molecule has 2 N–H and O–H groups in total. The summed E-state index contributed by atoms with van der Waals surface area (Å²) < 4.78 is 0. The first-order chi connectivity index (χ1) is 13.5. The summed E-state index contributed by atoms with van der Waals surface area (Å²) >= 11 is 0. The SMILES string of the molecule is O=C1Nc2c(cc([N+](=O)[O-])c3c2CCCC3)/C1=N\Nc1ccccc1[N+](=O)[O-]. The zero-order chi connectivity index (χ0) is 19.8. The molecule has 2 aliphatic rings. The second-order valence-corrected chi connectivity index (χ2v) is 6.54. The summed E-state index contributed by atoms with van der Waals surface area (Å²) in [7, 11) is 0. The lowest BCUT2D eigenvalue weighted by atomic mass is 9.87. The van der Waals surface area contributed by atoms with Crippen molar-refractivity contribution in [2.75, 3.05) is 10.7 Å². The van der Waals surface area contributed by atoms with E-state index in [1.165, 1.54) is 24.3 Å². The summed E-state index contributed by atoms with van der Waals surface area (Å²) in [5.41, 5.74) is 4.74. The highest BCUT2D eigenvalue weighted by atomic mass is 16.6. The minimum absolute atomic E-state index is 0.0247. The van der Waals surface area contributed by atoms with Gasteiger partial charge in [-0.25, -0.2) is 0 Å². The van der Waals surface area contributed by atoms with Crippen molar-refractivity contribution in [3.05, 3.63) is 67.3 Å². The molecule has 1 heterocycles. The maximum Gasteiger partial charge on any atom is 0.294 e. The molecule has 10 nitrogen and oxygen atoms in total. The summed E-state index contributed by atoms with van der Waals surface area (Å²) in [6, 6.07) is 7.25. The number of hydrazone groups is 1. The molecule has 0 radical (unpaired) electrons. The van der Waals surface area contributed by atoms with Gasteiger partial charge in [0, 0.05) is 23.3 Å². The minimum Gasteiger partial charge on any atom is -0.320 e. The zero-order valence-corrected chi connectivity index (χ0v) is 14.6. The summed E-state index contributed by atoms with van der Waals surface area (Å²) in [4.78, 5) is 34.1. The van der Waals surface area contributed by atoms with Gasteiger partial charge in [0.05, 0.1) is 15.5 Å². The van der Waals surface area contributed by atoms with Gasteiger partial charge in [-0.2, -0.15) is 5.10 Å². The quantitative estimate of drug-likeness (QED) is 0.616. The summed E-state index contributed by atoms with van der Waals surface area (Å²) in [5, 5.41) is 29.4. The van der Waals surface area contributed by atoms with Crippen LogP contribution < -0.4 is 10.7 Å². The van der Waals surface area contributed by atoms with Crippen LogP contribution in [-0.4, -0.2) is 21.5 Å². The molecule has 0 aromatic heterocycles. The molecule has 2 aromatic rings. The van der Waals surface area contributed by atoms with Crippen molar-refractivity contribution in [3.8, 4) is 0 Å². The van der Waals surface area contributed by atoms with Gasteiger partial charge in [-0.3, -0.25) is 30.4 Å². The number of anilines is 2. The van der Waals surface area contributed by atoms with E-state index in [1.54, 1.807) is 6.07 Å². The molecular formula is C18H15N5O5. The zero-order valence-electron chi connectivity index (χ0n) is 14.6. The Balaban J connectivity index is 1.79. The Hall–Kier alpha value is -3.82. The lowest BCUT2D eigenvalue weighted by molar-refractivity contribution is -0.385. The highest BCUT2D eigenvalue weighted by molar-refractivity contribution is 6.54. The van der Waals surface area contributed by atoms with Gasteiger partial charge >= 0.3 is 0 Å². The first-order valence-electron chi connectivity index (χ1n) is 8.69. The van der Waals surface area contributed by atoms with Crippen molar-refractivity contribution in [3.63, 3.8) is 0 Å². The summed E-state index contributed by atoms with van der Waals surface area (Å²) in [6.45, 7) is 0. The number of nitrogens with one attached hydrogen (secondary N) is 2. The van der Waals surface area contributed by atoms with Gasteiger partial charge in [-0.05, 0) is 37.3 Å². The van der Waals surface area contributed by atoms with Crippen molar-refractivity contribution in [2.45, 2.75) is 25.7 Å². The molecule has 0 saturated heterocycles. The standard InChI is InChI=1S/C18H15N5O5/c24-18-17(21-20-13-7-3-4-8-14(13)22(25)26)12-9-15(23(27)28)10-5-1-2-6-11(10)16(12)19-18/h3-4,7-9,20H,1-2,5-6H2,(H,19,21,24). The number of hydrogen-bond donors (Lipinski definition) is 2. The van der Waals surface area contributed by atoms with Gasteiger partial charge in [0.25, 0.3) is 17.3 Å². The highest BCUT2D eigenvalue weighted by Crippen LogP contribution is 2.40. The maximum atomic E-state index is 12.5. The summed E-state index contributed by atoms with van der Waals surface area (Å²) in [5.74, 6) is -0.505. The van der Waals surface area contributed by atoms with Crippen molar-refractivity contribution in [2.24, 2.45) is 5.10 Å². The van der Waals surface area contributed by atoms with Crippen LogP contribution in [0.2, 0.25) is 0 Å². The van der Waals surface area contributed by atoms with Gasteiger partial charge < -0.3 is 5.32 Å². The molecule has 2 aromatic carbocycles. The topological polar surface area (TPSA) is 140 Å². The Kier molecular flexibility index (Phi) is 4.22. The molecule has 1 amide bonds. The van der Waals surface area contributed by atoms with E-state index in [9.17, 15) is 25.0 Å². The smallest absolute Gasteiger partial charge is 0.294 e. The van der Waals surface area contributed by atoms with Crippen molar-refractivity contribution in [1.82, 2.24) is 0 Å². The van der Waals surface area contributed by atoms with E-state index in [2.05, 4.69) is 15.8 Å². The normalized spacial score (nSPS) is 16.3. The molecule has 0 spiro atoms. The fourth-order valence-electron chi connectivity index (χ4n) is 3.66.